The summed E-state index contributed by atoms with van der Waals surface area (Å²) < 4.78 is 5.28. The fraction of sp³-hybridized carbons (Fsp3) is 0.300. The Kier molecular flexibility index (Phi) is 3.34. The van der Waals surface area contributed by atoms with Crippen molar-refractivity contribution in [2.45, 2.75) is 13.0 Å². The fourth-order valence-electron chi connectivity index (χ4n) is 1.02. The van der Waals surface area contributed by atoms with E-state index < -0.39 is 6.10 Å². The van der Waals surface area contributed by atoms with Gasteiger partial charge in [-0.25, -0.2) is 0 Å². The molecule has 0 aliphatic heterocycles. The predicted octanol–water partition coefficient (Wildman–Crippen LogP) is 0.905. The standard InChI is InChI=1S/C10H13NO3/c1-7(10(13)11-2)14-9-5-3-4-8(12)6-9/h3-7,12H,1-2H3,(H,11,13). The van der Waals surface area contributed by atoms with Crippen LogP contribution in [0.2, 0.25) is 0 Å². The molecule has 0 aliphatic rings. The molecule has 2 N–H and O–H groups in total. The molecule has 0 bridgehead atoms. The molecule has 4 nitrogen and oxygen atoms in total. The van der Waals surface area contributed by atoms with E-state index in [0.717, 1.165) is 0 Å². The summed E-state index contributed by atoms with van der Waals surface area (Å²) in [6.07, 6.45) is -0.568. The molecule has 0 saturated heterocycles. The van der Waals surface area contributed by atoms with E-state index in [-0.39, 0.29) is 11.7 Å². The van der Waals surface area contributed by atoms with Gasteiger partial charge in [0.15, 0.2) is 6.10 Å². The zero-order valence-corrected chi connectivity index (χ0v) is 8.15. The van der Waals surface area contributed by atoms with E-state index in [1.165, 1.54) is 12.1 Å². The van der Waals surface area contributed by atoms with Crippen molar-refractivity contribution in [3.8, 4) is 11.5 Å². The first kappa shape index (κ1) is 10.4. The van der Waals surface area contributed by atoms with Gasteiger partial charge in [-0.3, -0.25) is 4.79 Å². The van der Waals surface area contributed by atoms with Crippen molar-refractivity contribution in [2.24, 2.45) is 0 Å². The van der Waals surface area contributed by atoms with Crippen LogP contribution >= 0.6 is 0 Å². The Morgan fingerprint density at radius 2 is 2.29 bits per heavy atom. The molecule has 0 saturated carbocycles. The molecule has 1 aromatic rings. The van der Waals surface area contributed by atoms with Crippen LogP contribution in [-0.4, -0.2) is 24.2 Å². The zero-order chi connectivity index (χ0) is 10.6. The number of ether oxygens (including phenoxy) is 1. The van der Waals surface area contributed by atoms with Crippen molar-refractivity contribution in [1.29, 1.82) is 0 Å². The molecule has 1 unspecified atom stereocenters. The van der Waals surface area contributed by atoms with Gasteiger partial charge in [-0.15, -0.1) is 0 Å². The summed E-state index contributed by atoms with van der Waals surface area (Å²) in [5, 5.41) is 11.6. The number of nitrogens with one attached hydrogen (secondary N) is 1. The summed E-state index contributed by atoms with van der Waals surface area (Å²) in [6, 6.07) is 6.33. The number of benzene rings is 1. The number of aromatic hydroxyl groups is 1. The van der Waals surface area contributed by atoms with Crippen LogP contribution < -0.4 is 10.1 Å². The van der Waals surface area contributed by atoms with Gasteiger partial charge in [0, 0.05) is 13.1 Å². The third-order valence-corrected chi connectivity index (χ3v) is 1.75. The number of amides is 1. The molecule has 1 amide bonds. The lowest BCUT2D eigenvalue weighted by atomic mass is 10.3. The van der Waals surface area contributed by atoms with Crippen molar-refractivity contribution in [3.05, 3.63) is 24.3 Å². The van der Waals surface area contributed by atoms with Gasteiger partial charge in [0.05, 0.1) is 0 Å². The number of hydrogen-bond acceptors (Lipinski definition) is 3. The average Bonchev–Trinajstić information content (AvgIpc) is 2.16. The number of carbonyl (C=O) groups is 1. The van der Waals surface area contributed by atoms with Crippen molar-refractivity contribution < 1.29 is 14.6 Å². The van der Waals surface area contributed by atoms with Gasteiger partial charge in [0.1, 0.15) is 11.5 Å². The second kappa shape index (κ2) is 4.50. The van der Waals surface area contributed by atoms with Gasteiger partial charge in [-0.1, -0.05) is 6.07 Å². The van der Waals surface area contributed by atoms with E-state index in [1.54, 1.807) is 26.1 Å². The average molecular weight is 195 g/mol. The minimum Gasteiger partial charge on any atom is -0.508 e. The molecular weight excluding hydrogens is 182 g/mol. The molecular formula is C10H13NO3. The molecule has 14 heavy (non-hydrogen) atoms. The van der Waals surface area contributed by atoms with Crippen LogP contribution in [-0.2, 0) is 4.79 Å². The minimum absolute atomic E-state index is 0.117. The lowest BCUT2D eigenvalue weighted by molar-refractivity contribution is -0.126. The molecule has 0 heterocycles. The van der Waals surface area contributed by atoms with Crippen LogP contribution in [0.3, 0.4) is 0 Å². The van der Waals surface area contributed by atoms with E-state index in [4.69, 9.17) is 9.84 Å². The van der Waals surface area contributed by atoms with E-state index in [2.05, 4.69) is 5.32 Å². The van der Waals surface area contributed by atoms with Crippen molar-refractivity contribution in [1.82, 2.24) is 5.32 Å². The Labute approximate surface area is 82.5 Å². The number of likely N-dealkylation sites (N-methyl/N-ethyl adjacent to an activating group) is 1. The summed E-state index contributed by atoms with van der Waals surface area (Å²) in [6.45, 7) is 1.64. The SMILES string of the molecule is CNC(=O)C(C)Oc1cccc(O)c1. The first-order valence-corrected chi connectivity index (χ1v) is 4.30. The second-order valence-electron chi connectivity index (χ2n) is 2.87. The van der Waals surface area contributed by atoms with Crippen LogP contribution in [0, 0.1) is 0 Å². The lowest BCUT2D eigenvalue weighted by Gasteiger charge is -2.12. The summed E-state index contributed by atoms with van der Waals surface area (Å²) in [4.78, 5) is 11.1. The zero-order valence-electron chi connectivity index (χ0n) is 8.15. The van der Waals surface area contributed by atoms with E-state index in [0.29, 0.717) is 5.75 Å². The van der Waals surface area contributed by atoms with Crippen LogP contribution in [0.4, 0.5) is 0 Å². The molecule has 0 spiro atoms. The first-order chi connectivity index (χ1) is 6.63. The van der Waals surface area contributed by atoms with Crippen LogP contribution in [0.15, 0.2) is 24.3 Å². The molecule has 1 rings (SSSR count). The Bertz CT molecular complexity index is 325. The summed E-state index contributed by atoms with van der Waals surface area (Å²) >= 11 is 0. The molecule has 1 atom stereocenters. The monoisotopic (exact) mass is 195 g/mol. The Hall–Kier alpha value is -1.71. The quantitative estimate of drug-likeness (QED) is 0.753. The maximum Gasteiger partial charge on any atom is 0.260 e. The summed E-state index contributed by atoms with van der Waals surface area (Å²) in [5.41, 5.74) is 0. The second-order valence-corrected chi connectivity index (χ2v) is 2.87. The molecule has 0 fully saturated rings. The Morgan fingerprint density at radius 1 is 1.57 bits per heavy atom. The summed E-state index contributed by atoms with van der Waals surface area (Å²) in [5.74, 6) is 0.390. The van der Waals surface area contributed by atoms with Crippen LogP contribution in [0.25, 0.3) is 0 Å². The smallest absolute Gasteiger partial charge is 0.260 e. The van der Waals surface area contributed by atoms with Gasteiger partial charge in [0.2, 0.25) is 0 Å². The molecule has 0 radical (unpaired) electrons. The highest BCUT2D eigenvalue weighted by Crippen LogP contribution is 2.18. The molecule has 4 heteroatoms. The number of phenols is 1. The van der Waals surface area contributed by atoms with Crippen molar-refractivity contribution in [2.75, 3.05) is 7.05 Å². The first-order valence-electron chi connectivity index (χ1n) is 4.30. The third kappa shape index (κ3) is 2.65. The number of hydrogen-bond donors (Lipinski definition) is 2. The van der Waals surface area contributed by atoms with Crippen molar-refractivity contribution >= 4 is 5.91 Å². The van der Waals surface area contributed by atoms with Gasteiger partial charge >= 0.3 is 0 Å². The van der Waals surface area contributed by atoms with E-state index in [9.17, 15) is 4.79 Å². The fourth-order valence-corrected chi connectivity index (χ4v) is 1.02. The lowest BCUT2D eigenvalue weighted by Crippen LogP contribution is -2.33. The number of phenolic OH excluding ortho intramolecular Hbond substituents is 1. The highest BCUT2D eigenvalue weighted by Gasteiger charge is 2.12. The Balaban J connectivity index is 2.64. The molecule has 1 aromatic carbocycles. The van der Waals surface area contributed by atoms with Crippen LogP contribution in [0.1, 0.15) is 6.92 Å². The highest BCUT2D eigenvalue weighted by molar-refractivity contribution is 5.80. The number of carbonyl (C=O) groups excluding carboxylic acids is 1. The van der Waals surface area contributed by atoms with Crippen molar-refractivity contribution in [3.63, 3.8) is 0 Å². The largest absolute Gasteiger partial charge is 0.508 e. The van der Waals surface area contributed by atoms with Gasteiger partial charge in [0.25, 0.3) is 5.91 Å². The van der Waals surface area contributed by atoms with Crippen LogP contribution in [0.5, 0.6) is 11.5 Å². The van der Waals surface area contributed by atoms with E-state index >= 15 is 0 Å². The Morgan fingerprint density at radius 3 is 2.86 bits per heavy atom. The maximum atomic E-state index is 11.1. The molecule has 76 valence electrons. The maximum absolute atomic E-state index is 11.1. The van der Waals surface area contributed by atoms with E-state index in [1.807, 2.05) is 0 Å². The van der Waals surface area contributed by atoms with Gasteiger partial charge in [-0.2, -0.15) is 0 Å². The normalized spacial score (nSPS) is 11.9. The minimum atomic E-state index is -0.568. The third-order valence-electron chi connectivity index (χ3n) is 1.75. The summed E-state index contributed by atoms with van der Waals surface area (Å²) in [7, 11) is 1.55. The molecule has 0 aromatic heterocycles. The topological polar surface area (TPSA) is 58.6 Å². The molecule has 0 aliphatic carbocycles. The number of rotatable bonds is 3. The van der Waals surface area contributed by atoms with Gasteiger partial charge < -0.3 is 15.2 Å². The highest BCUT2D eigenvalue weighted by atomic mass is 16.5. The predicted molar refractivity (Wildman–Crippen MR) is 52.3 cm³/mol. The van der Waals surface area contributed by atoms with Gasteiger partial charge in [-0.05, 0) is 19.1 Å².